The van der Waals surface area contributed by atoms with Crippen LogP contribution >= 0.6 is 21.6 Å². The third-order valence-electron chi connectivity index (χ3n) is 2.17. The molecule has 1 heterocycles. The van der Waals surface area contributed by atoms with Crippen LogP contribution in [0, 0.1) is 11.3 Å². The third-order valence-corrected chi connectivity index (χ3v) is 4.39. The highest BCUT2D eigenvalue weighted by Gasteiger charge is 1.94. The van der Waals surface area contributed by atoms with Crippen molar-refractivity contribution in [2.45, 2.75) is 0 Å². The van der Waals surface area contributed by atoms with Gasteiger partial charge in [0.1, 0.15) is 11.8 Å². The van der Waals surface area contributed by atoms with Gasteiger partial charge in [0.25, 0.3) is 0 Å². The maximum atomic E-state index is 8.58. The lowest BCUT2D eigenvalue weighted by Gasteiger charge is -1.94. The SMILES string of the molecule is C=CCSSCC=C.N#Cc1ccc2ccccc2n1. The molecule has 0 N–H and O–H groups in total. The lowest BCUT2D eigenvalue weighted by atomic mass is 10.2. The van der Waals surface area contributed by atoms with Gasteiger partial charge < -0.3 is 0 Å². The fraction of sp³-hybridized carbons (Fsp3) is 0.125. The molecule has 0 atom stereocenters. The van der Waals surface area contributed by atoms with Crippen LogP contribution in [0.3, 0.4) is 0 Å². The summed E-state index contributed by atoms with van der Waals surface area (Å²) >= 11 is 0. The van der Waals surface area contributed by atoms with E-state index in [1.54, 1.807) is 27.7 Å². The molecular weight excluding hydrogens is 284 g/mol. The van der Waals surface area contributed by atoms with Gasteiger partial charge in [-0.3, -0.25) is 0 Å². The predicted molar refractivity (Wildman–Crippen MR) is 91.8 cm³/mol. The highest BCUT2D eigenvalue weighted by molar-refractivity contribution is 8.76. The molecule has 0 saturated heterocycles. The molecule has 1 aromatic carbocycles. The van der Waals surface area contributed by atoms with Crippen molar-refractivity contribution in [2.75, 3.05) is 11.5 Å². The molecule has 0 bridgehead atoms. The molecule has 0 saturated carbocycles. The maximum Gasteiger partial charge on any atom is 0.141 e. The summed E-state index contributed by atoms with van der Waals surface area (Å²) in [5.41, 5.74) is 1.34. The van der Waals surface area contributed by atoms with Gasteiger partial charge in [0.2, 0.25) is 0 Å². The number of fused-ring (bicyclic) bond motifs is 1. The van der Waals surface area contributed by atoms with Crippen LogP contribution in [0.1, 0.15) is 5.69 Å². The van der Waals surface area contributed by atoms with Crippen molar-refractivity contribution in [1.29, 1.82) is 5.26 Å². The van der Waals surface area contributed by atoms with Crippen LogP contribution < -0.4 is 0 Å². The van der Waals surface area contributed by atoms with Crippen molar-refractivity contribution in [3.63, 3.8) is 0 Å². The van der Waals surface area contributed by atoms with Crippen molar-refractivity contribution >= 4 is 32.5 Å². The highest BCUT2D eigenvalue weighted by atomic mass is 33.1. The van der Waals surface area contributed by atoms with Crippen molar-refractivity contribution < 1.29 is 0 Å². The van der Waals surface area contributed by atoms with Crippen LogP contribution in [0.5, 0.6) is 0 Å². The summed E-state index contributed by atoms with van der Waals surface area (Å²) in [4.78, 5) is 4.13. The van der Waals surface area contributed by atoms with Gasteiger partial charge in [0, 0.05) is 16.9 Å². The highest BCUT2D eigenvalue weighted by Crippen LogP contribution is 2.20. The Kier molecular flexibility index (Phi) is 8.28. The summed E-state index contributed by atoms with van der Waals surface area (Å²) in [6, 6.07) is 13.4. The molecule has 2 aromatic rings. The first-order valence-electron chi connectivity index (χ1n) is 6.04. The number of benzene rings is 1. The Labute approximate surface area is 128 Å². The molecule has 0 unspecified atom stereocenters. The van der Waals surface area contributed by atoms with Crippen LogP contribution in [0.2, 0.25) is 0 Å². The van der Waals surface area contributed by atoms with Gasteiger partial charge in [-0.1, -0.05) is 51.9 Å². The quantitative estimate of drug-likeness (QED) is 0.449. The molecule has 1 aromatic heterocycles. The standard InChI is InChI=1S/C10H6N2.C6H10S2/c11-7-9-6-5-8-3-1-2-4-10(8)12-9;1-3-5-7-8-6-4-2/h1-6H;3-4H,1-2,5-6H2. The molecule has 102 valence electrons. The fourth-order valence-electron chi connectivity index (χ4n) is 1.32. The zero-order chi connectivity index (χ0) is 14.6. The summed E-state index contributed by atoms with van der Waals surface area (Å²) in [6.07, 6.45) is 3.81. The zero-order valence-electron chi connectivity index (χ0n) is 11.2. The summed E-state index contributed by atoms with van der Waals surface area (Å²) in [6.45, 7) is 7.20. The number of hydrogen-bond acceptors (Lipinski definition) is 4. The number of pyridine rings is 1. The lowest BCUT2D eigenvalue weighted by Crippen LogP contribution is -1.82. The Morgan fingerprint density at radius 2 is 1.70 bits per heavy atom. The van der Waals surface area contributed by atoms with Gasteiger partial charge in [0.05, 0.1) is 5.52 Å². The smallest absolute Gasteiger partial charge is 0.141 e. The van der Waals surface area contributed by atoms with E-state index in [4.69, 9.17) is 5.26 Å². The van der Waals surface area contributed by atoms with Crippen molar-refractivity contribution in [3.8, 4) is 6.07 Å². The minimum absolute atomic E-state index is 0.466. The minimum atomic E-state index is 0.466. The molecule has 0 spiro atoms. The van der Waals surface area contributed by atoms with E-state index in [9.17, 15) is 0 Å². The zero-order valence-corrected chi connectivity index (χ0v) is 12.8. The van der Waals surface area contributed by atoms with Crippen molar-refractivity contribution in [1.82, 2.24) is 4.98 Å². The molecule has 0 fully saturated rings. The first-order chi connectivity index (χ1) is 9.81. The van der Waals surface area contributed by atoms with E-state index >= 15 is 0 Å². The molecule has 0 radical (unpaired) electrons. The average Bonchev–Trinajstić information content (AvgIpc) is 2.52. The second-order valence-electron chi connectivity index (χ2n) is 3.65. The number of hydrogen-bond donors (Lipinski definition) is 0. The van der Waals surface area contributed by atoms with Crippen molar-refractivity contribution in [3.05, 3.63) is 67.4 Å². The number of nitriles is 1. The van der Waals surface area contributed by atoms with E-state index in [0.29, 0.717) is 5.69 Å². The molecule has 0 aliphatic carbocycles. The van der Waals surface area contributed by atoms with E-state index in [0.717, 1.165) is 22.4 Å². The molecule has 0 aliphatic heterocycles. The number of rotatable bonds is 5. The normalized spacial score (nSPS) is 9.15. The van der Waals surface area contributed by atoms with Crippen LogP contribution in [0.15, 0.2) is 61.7 Å². The Balaban J connectivity index is 0.000000221. The minimum Gasteiger partial charge on any atom is -0.237 e. The Morgan fingerprint density at radius 1 is 1.05 bits per heavy atom. The van der Waals surface area contributed by atoms with Gasteiger partial charge in [-0.25, -0.2) is 4.98 Å². The van der Waals surface area contributed by atoms with Gasteiger partial charge in [-0.2, -0.15) is 5.26 Å². The van der Waals surface area contributed by atoms with Gasteiger partial charge in [-0.05, 0) is 18.2 Å². The first kappa shape index (κ1) is 16.4. The van der Waals surface area contributed by atoms with Gasteiger partial charge in [0.15, 0.2) is 0 Å². The summed E-state index contributed by atoms with van der Waals surface area (Å²) in [5.74, 6) is 2.05. The molecular formula is C16H16N2S2. The number of aromatic nitrogens is 1. The largest absolute Gasteiger partial charge is 0.237 e. The van der Waals surface area contributed by atoms with E-state index < -0.39 is 0 Å². The number of para-hydroxylation sites is 1. The molecule has 20 heavy (non-hydrogen) atoms. The fourth-order valence-corrected chi connectivity index (χ4v) is 2.86. The van der Waals surface area contributed by atoms with E-state index in [2.05, 4.69) is 18.1 Å². The maximum absolute atomic E-state index is 8.58. The Hall–Kier alpha value is -1.70. The summed E-state index contributed by atoms with van der Waals surface area (Å²) in [7, 11) is 3.61. The van der Waals surface area contributed by atoms with Crippen LogP contribution in [-0.4, -0.2) is 16.5 Å². The van der Waals surface area contributed by atoms with E-state index in [1.165, 1.54) is 0 Å². The molecule has 4 heteroatoms. The molecule has 0 aliphatic rings. The summed E-state index contributed by atoms with van der Waals surface area (Å²) in [5, 5.41) is 9.65. The second kappa shape index (κ2) is 10.1. The average molecular weight is 300 g/mol. The van der Waals surface area contributed by atoms with Crippen LogP contribution in [-0.2, 0) is 0 Å². The van der Waals surface area contributed by atoms with E-state index in [-0.39, 0.29) is 0 Å². The monoisotopic (exact) mass is 300 g/mol. The molecule has 0 amide bonds. The molecule has 2 nitrogen and oxygen atoms in total. The second-order valence-corrected chi connectivity index (χ2v) is 6.20. The van der Waals surface area contributed by atoms with E-state index in [1.807, 2.05) is 48.6 Å². The van der Waals surface area contributed by atoms with Crippen molar-refractivity contribution in [2.24, 2.45) is 0 Å². The van der Waals surface area contributed by atoms with Gasteiger partial charge >= 0.3 is 0 Å². The number of nitrogens with zero attached hydrogens (tertiary/aromatic N) is 2. The Bertz CT molecular complexity index is 593. The Morgan fingerprint density at radius 3 is 2.30 bits per heavy atom. The lowest BCUT2D eigenvalue weighted by molar-refractivity contribution is 1.33. The van der Waals surface area contributed by atoms with Gasteiger partial charge in [-0.15, -0.1) is 13.2 Å². The third kappa shape index (κ3) is 5.96. The van der Waals surface area contributed by atoms with Crippen LogP contribution in [0.4, 0.5) is 0 Å². The molecule has 2 rings (SSSR count). The first-order valence-corrected chi connectivity index (χ1v) is 8.52. The summed E-state index contributed by atoms with van der Waals surface area (Å²) < 4.78 is 0. The topological polar surface area (TPSA) is 36.7 Å². The van der Waals surface area contributed by atoms with Crippen LogP contribution in [0.25, 0.3) is 10.9 Å². The predicted octanol–water partition coefficient (Wildman–Crippen LogP) is 4.85.